The molecular weight excluding hydrogens is 130 g/mol. The zero-order valence-electron chi connectivity index (χ0n) is 5.76. The zero-order chi connectivity index (χ0) is 7.98. The lowest BCUT2D eigenvalue weighted by Crippen LogP contribution is -2.20. The highest BCUT2D eigenvalue weighted by Crippen LogP contribution is 1.90. The minimum atomic E-state index is -0.884. The molecule has 0 atom stereocenters. The maximum Gasteiger partial charge on any atom is 0.322 e. The van der Waals surface area contributed by atoms with Crippen molar-refractivity contribution in [2.24, 2.45) is 0 Å². The Morgan fingerprint density at radius 3 is 2.70 bits per heavy atom. The molecule has 0 aromatic heterocycles. The summed E-state index contributed by atoms with van der Waals surface area (Å²) < 4.78 is 0. The Balaban J connectivity index is 3.39. The Bertz CT molecular complexity index is 152. The highest BCUT2D eigenvalue weighted by atomic mass is 16.4. The van der Waals surface area contributed by atoms with E-state index in [9.17, 15) is 4.79 Å². The molecule has 0 aliphatic heterocycles. The molecule has 0 radical (unpaired) electrons. The van der Waals surface area contributed by atoms with Crippen LogP contribution in [0, 0.1) is 0 Å². The fourth-order valence-corrected chi connectivity index (χ4v) is 0.447. The molecular formula is C7H11NO2. The van der Waals surface area contributed by atoms with Gasteiger partial charge in [0, 0.05) is 12.1 Å². The molecule has 0 aliphatic rings. The van der Waals surface area contributed by atoms with Crippen molar-refractivity contribution in [2.45, 2.75) is 6.42 Å². The summed E-state index contributed by atoms with van der Waals surface area (Å²) in [6, 6.07) is 0. The number of allylic oxidation sites excluding steroid dienone is 1. The van der Waals surface area contributed by atoms with Crippen molar-refractivity contribution in [2.75, 3.05) is 6.54 Å². The fourth-order valence-electron chi connectivity index (χ4n) is 0.447. The largest absolute Gasteiger partial charge is 0.480 e. The normalized spacial score (nSPS) is 8.40. The van der Waals surface area contributed by atoms with E-state index in [1.807, 2.05) is 0 Å². The molecule has 0 saturated carbocycles. The van der Waals surface area contributed by atoms with Gasteiger partial charge in [-0.05, 0) is 0 Å². The van der Waals surface area contributed by atoms with Gasteiger partial charge >= 0.3 is 5.97 Å². The lowest BCUT2D eigenvalue weighted by atomic mass is 10.3. The Hall–Kier alpha value is -1.25. The third kappa shape index (κ3) is 4.90. The maximum atomic E-state index is 9.98. The second-order valence-corrected chi connectivity index (χ2v) is 1.84. The molecule has 3 nitrogen and oxygen atoms in total. The topological polar surface area (TPSA) is 49.3 Å². The fraction of sp³-hybridized carbons (Fsp3) is 0.286. The molecule has 2 N–H and O–H groups in total. The van der Waals surface area contributed by atoms with Crippen molar-refractivity contribution in [3.63, 3.8) is 0 Å². The average molecular weight is 141 g/mol. The average Bonchev–Trinajstić information content (AvgIpc) is 1.85. The number of carboxylic acids is 1. The highest BCUT2D eigenvalue weighted by Gasteiger charge is 1.94. The summed E-state index contributed by atoms with van der Waals surface area (Å²) in [4.78, 5) is 9.98. The summed E-state index contributed by atoms with van der Waals surface area (Å²) in [5.74, 6) is -0.884. The molecule has 0 fully saturated rings. The van der Waals surface area contributed by atoms with Crippen LogP contribution in [0.3, 0.4) is 0 Å². The van der Waals surface area contributed by atoms with Gasteiger partial charge < -0.3 is 10.4 Å². The first-order chi connectivity index (χ1) is 4.66. The Morgan fingerprint density at radius 1 is 1.70 bits per heavy atom. The van der Waals surface area contributed by atoms with Gasteiger partial charge in [0.25, 0.3) is 0 Å². The molecule has 10 heavy (non-hydrogen) atoms. The van der Waals surface area contributed by atoms with E-state index in [1.54, 1.807) is 6.08 Å². The first-order valence-corrected chi connectivity index (χ1v) is 2.91. The van der Waals surface area contributed by atoms with Gasteiger partial charge in [-0.2, -0.15) is 0 Å². The van der Waals surface area contributed by atoms with E-state index in [1.165, 1.54) is 0 Å². The van der Waals surface area contributed by atoms with Crippen LogP contribution in [0.15, 0.2) is 24.9 Å². The molecule has 3 heteroatoms. The molecule has 0 aliphatic carbocycles. The van der Waals surface area contributed by atoms with Crippen LogP contribution in [-0.4, -0.2) is 17.6 Å². The molecule has 0 amide bonds. The SMILES string of the molecule is C=CCC(=C)NCC(=O)O. The van der Waals surface area contributed by atoms with Crippen LogP contribution in [0.25, 0.3) is 0 Å². The summed E-state index contributed by atoms with van der Waals surface area (Å²) >= 11 is 0. The summed E-state index contributed by atoms with van der Waals surface area (Å²) in [5.41, 5.74) is 0.678. The predicted octanol–water partition coefficient (Wildman–Crippen LogP) is 0.750. The maximum absolute atomic E-state index is 9.98. The van der Waals surface area contributed by atoms with Crippen LogP contribution < -0.4 is 5.32 Å². The number of carboxylic acid groups (broad SMARTS) is 1. The molecule has 0 unspecified atom stereocenters. The van der Waals surface area contributed by atoms with Crippen molar-refractivity contribution >= 4 is 5.97 Å². The van der Waals surface area contributed by atoms with Crippen molar-refractivity contribution in [3.05, 3.63) is 24.9 Å². The van der Waals surface area contributed by atoms with Crippen LogP contribution in [0.2, 0.25) is 0 Å². The third-order valence-corrected chi connectivity index (χ3v) is 0.880. The van der Waals surface area contributed by atoms with E-state index in [0.717, 1.165) is 0 Å². The summed E-state index contributed by atoms with van der Waals surface area (Å²) in [5, 5.41) is 10.8. The molecule has 0 bridgehead atoms. The number of hydrogen-bond acceptors (Lipinski definition) is 2. The van der Waals surface area contributed by atoms with Crippen LogP contribution in [0.5, 0.6) is 0 Å². The molecule has 0 heterocycles. The molecule has 0 aromatic rings. The van der Waals surface area contributed by atoms with E-state index in [0.29, 0.717) is 12.1 Å². The number of rotatable bonds is 5. The zero-order valence-corrected chi connectivity index (χ0v) is 5.76. The second kappa shape index (κ2) is 4.61. The van der Waals surface area contributed by atoms with E-state index in [4.69, 9.17) is 5.11 Å². The molecule has 56 valence electrons. The van der Waals surface area contributed by atoms with Crippen LogP contribution >= 0.6 is 0 Å². The van der Waals surface area contributed by atoms with Gasteiger partial charge in [-0.3, -0.25) is 4.79 Å². The number of aliphatic carboxylic acids is 1. The van der Waals surface area contributed by atoms with Gasteiger partial charge in [-0.15, -0.1) is 6.58 Å². The lowest BCUT2D eigenvalue weighted by Gasteiger charge is -2.02. The van der Waals surface area contributed by atoms with Gasteiger partial charge in [-0.25, -0.2) is 0 Å². The number of carbonyl (C=O) groups is 1. The van der Waals surface area contributed by atoms with Gasteiger partial charge in [-0.1, -0.05) is 12.7 Å². The molecule has 0 aromatic carbocycles. The van der Waals surface area contributed by atoms with Crippen molar-refractivity contribution in [1.82, 2.24) is 5.32 Å². The van der Waals surface area contributed by atoms with E-state index >= 15 is 0 Å². The first-order valence-electron chi connectivity index (χ1n) is 2.91. The van der Waals surface area contributed by atoms with E-state index < -0.39 is 5.97 Å². The minimum Gasteiger partial charge on any atom is -0.480 e. The highest BCUT2D eigenvalue weighted by molar-refractivity contribution is 5.69. The quantitative estimate of drug-likeness (QED) is 0.555. The van der Waals surface area contributed by atoms with Gasteiger partial charge in [0.15, 0.2) is 0 Å². The monoisotopic (exact) mass is 141 g/mol. The van der Waals surface area contributed by atoms with Crippen LogP contribution in [0.4, 0.5) is 0 Å². The number of hydrogen-bond donors (Lipinski definition) is 2. The summed E-state index contributed by atoms with van der Waals surface area (Å²) in [7, 11) is 0. The smallest absolute Gasteiger partial charge is 0.322 e. The van der Waals surface area contributed by atoms with E-state index in [2.05, 4.69) is 18.5 Å². The van der Waals surface area contributed by atoms with Gasteiger partial charge in [0.1, 0.15) is 6.54 Å². The van der Waals surface area contributed by atoms with Crippen molar-refractivity contribution < 1.29 is 9.90 Å². The number of nitrogens with one attached hydrogen (secondary N) is 1. The third-order valence-electron chi connectivity index (χ3n) is 0.880. The van der Waals surface area contributed by atoms with Gasteiger partial charge in [0.05, 0.1) is 0 Å². The minimum absolute atomic E-state index is 0.0767. The molecule has 0 saturated heterocycles. The Kier molecular flexibility index (Phi) is 4.04. The van der Waals surface area contributed by atoms with Gasteiger partial charge in [0.2, 0.25) is 0 Å². The molecule has 0 rings (SSSR count). The van der Waals surface area contributed by atoms with Crippen molar-refractivity contribution in [1.29, 1.82) is 0 Å². The van der Waals surface area contributed by atoms with Crippen LogP contribution in [0.1, 0.15) is 6.42 Å². The Morgan fingerprint density at radius 2 is 2.30 bits per heavy atom. The summed E-state index contributed by atoms with van der Waals surface area (Å²) in [6.45, 7) is 6.97. The standard InChI is InChI=1S/C7H11NO2/c1-3-4-6(2)8-5-7(9)10/h3,8H,1-2,4-5H2,(H,9,10). The second-order valence-electron chi connectivity index (χ2n) is 1.84. The lowest BCUT2D eigenvalue weighted by molar-refractivity contribution is -0.135. The first kappa shape index (κ1) is 8.75. The predicted molar refractivity (Wildman–Crippen MR) is 39.6 cm³/mol. The summed E-state index contributed by atoms with van der Waals surface area (Å²) in [6.07, 6.45) is 2.27. The Labute approximate surface area is 60.1 Å². The molecule has 0 spiro atoms. The van der Waals surface area contributed by atoms with Crippen LogP contribution in [-0.2, 0) is 4.79 Å². The van der Waals surface area contributed by atoms with Crippen molar-refractivity contribution in [3.8, 4) is 0 Å². The van der Waals surface area contributed by atoms with E-state index in [-0.39, 0.29) is 6.54 Å².